The Morgan fingerprint density at radius 2 is 2.35 bits per heavy atom. The molecule has 1 aromatic rings. The van der Waals surface area contributed by atoms with Gasteiger partial charge in [0.25, 0.3) is 0 Å². The van der Waals surface area contributed by atoms with Gasteiger partial charge in [-0.2, -0.15) is 16.9 Å². The third kappa shape index (κ3) is 3.63. The Balaban J connectivity index is 2.18. The van der Waals surface area contributed by atoms with E-state index in [4.69, 9.17) is 0 Å². The first-order valence-corrected chi connectivity index (χ1v) is 8.63. The highest BCUT2D eigenvalue weighted by atomic mass is 79.9. The minimum Gasteiger partial charge on any atom is -0.308 e. The van der Waals surface area contributed by atoms with Gasteiger partial charge in [-0.1, -0.05) is 0 Å². The fourth-order valence-electron chi connectivity index (χ4n) is 2.19. The van der Waals surface area contributed by atoms with Crippen LogP contribution in [0.1, 0.15) is 10.5 Å². The molecule has 0 amide bonds. The van der Waals surface area contributed by atoms with Crippen LogP contribution in [0.25, 0.3) is 0 Å². The molecule has 1 atom stereocenters. The van der Waals surface area contributed by atoms with Crippen LogP contribution < -0.4 is 0 Å². The Morgan fingerprint density at radius 1 is 1.60 bits per heavy atom. The number of Topliss-reactive ketones (excluding diaryl/α,β-unsaturated/α-hetero) is 1. The summed E-state index contributed by atoms with van der Waals surface area (Å²) in [5.41, 5.74) is 0.700. The number of halogens is 1. The molecule has 1 unspecified atom stereocenters. The standard InChI is InChI=1S/C13H21BrN4OS/c1-16(2)4-5-18-12(10(14)8-15-18)13(19)11-9-20-7-6-17(11)3/h8,11H,4-7,9H2,1-3H3. The highest BCUT2D eigenvalue weighted by Crippen LogP contribution is 2.23. The van der Waals surface area contributed by atoms with Gasteiger partial charge in [0.2, 0.25) is 0 Å². The Hall–Kier alpha value is -0.370. The van der Waals surface area contributed by atoms with E-state index in [0.717, 1.165) is 35.6 Å². The zero-order valence-corrected chi connectivity index (χ0v) is 14.6. The molecule has 0 saturated carbocycles. The monoisotopic (exact) mass is 360 g/mol. The van der Waals surface area contributed by atoms with Crippen LogP contribution in [0.2, 0.25) is 0 Å². The van der Waals surface area contributed by atoms with Crippen molar-refractivity contribution in [2.45, 2.75) is 12.6 Å². The minimum absolute atomic E-state index is 0.0418. The average molecular weight is 361 g/mol. The third-order valence-corrected chi connectivity index (χ3v) is 5.09. The molecule has 1 aromatic heterocycles. The predicted octanol–water partition coefficient (Wildman–Crippen LogP) is 1.44. The molecule has 20 heavy (non-hydrogen) atoms. The molecule has 0 bridgehead atoms. The van der Waals surface area contributed by atoms with Crippen molar-refractivity contribution in [3.05, 3.63) is 16.4 Å². The van der Waals surface area contributed by atoms with Gasteiger partial charge in [0.15, 0.2) is 5.78 Å². The van der Waals surface area contributed by atoms with E-state index in [1.165, 1.54) is 0 Å². The number of thioether (sulfide) groups is 1. The molecular formula is C13H21BrN4OS. The molecular weight excluding hydrogens is 340 g/mol. The molecule has 7 heteroatoms. The highest BCUT2D eigenvalue weighted by Gasteiger charge is 2.30. The first kappa shape index (κ1) is 16.0. The summed E-state index contributed by atoms with van der Waals surface area (Å²) < 4.78 is 2.62. The Labute approximate surface area is 132 Å². The van der Waals surface area contributed by atoms with Crippen molar-refractivity contribution >= 4 is 33.5 Å². The van der Waals surface area contributed by atoms with Gasteiger partial charge < -0.3 is 4.90 Å². The number of aromatic nitrogens is 2. The number of hydrogen-bond acceptors (Lipinski definition) is 5. The van der Waals surface area contributed by atoms with Gasteiger partial charge >= 0.3 is 0 Å². The molecule has 0 N–H and O–H groups in total. The summed E-state index contributed by atoms with van der Waals surface area (Å²) in [6.07, 6.45) is 1.72. The van der Waals surface area contributed by atoms with Gasteiger partial charge in [-0.25, -0.2) is 0 Å². The molecule has 0 radical (unpaired) electrons. The molecule has 1 fully saturated rings. The Morgan fingerprint density at radius 3 is 3.00 bits per heavy atom. The SMILES string of the molecule is CN(C)CCn1ncc(Br)c1C(=O)C1CSCCN1C. The van der Waals surface area contributed by atoms with E-state index in [1.54, 1.807) is 6.20 Å². The summed E-state index contributed by atoms with van der Waals surface area (Å²) in [7, 11) is 6.06. The summed E-state index contributed by atoms with van der Waals surface area (Å²) >= 11 is 5.31. The quantitative estimate of drug-likeness (QED) is 0.743. The van der Waals surface area contributed by atoms with Crippen LogP contribution in [0, 0.1) is 0 Å². The van der Waals surface area contributed by atoms with Crippen LogP contribution >= 0.6 is 27.7 Å². The second kappa shape index (κ2) is 7.06. The lowest BCUT2D eigenvalue weighted by Gasteiger charge is -2.31. The zero-order chi connectivity index (χ0) is 14.7. The van der Waals surface area contributed by atoms with Crippen LogP contribution in [0.3, 0.4) is 0 Å². The lowest BCUT2D eigenvalue weighted by molar-refractivity contribution is 0.0861. The summed E-state index contributed by atoms with van der Waals surface area (Å²) in [4.78, 5) is 17.0. The molecule has 1 aliphatic heterocycles. The maximum atomic E-state index is 12.8. The number of nitrogens with zero attached hydrogens (tertiary/aromatic N) is 4. The molecule has 1 aliphatic rings. The number of ketones is 1. The smallest absolute Gasteiger partial charge is 0.199 e. The van der Waals surface area contributed by atoms with Crippen molar-refractivity contribution in [3.8, 4) is 0 Å². The van der Waals surface area contributed by atoms with Crippen LogP contribution in [-0.4, -0.2) is 77.1 Å². The molecule has 0 spiro atoms. The van der Waals surface area contributed by atoms with E-state index in [2.05, 4.69) is 30.8 Å². The molecule has 0 aliphatic carbocycles. The normalized spacial score (nSPS) is 20.6. The van der Waals surface area contributed by atoms with E-state index in [1.807, 2.05) is 37.6 Å². The second-order valence-corrected chi connectivity index (χ2v) is 7.31. The van der Waals surface area contributed by atoms with E-state index in [9.17, 15) is 4.79 Å². The van der Waals surface area contributed by atoms with Crippen molar-refractivity contribution in [2.75, 3.05) is 45.7 Å². The second-order valence-electron chi connectivity index (χ2n) is 5.30. The molecule has 2 rings (SSSR count). The third-order valence-electron chi connectivity index (χ3n) is 3.49. The van der Waals surface area contributed by atoms with Gasteiger partial charge in [0, 0.05) is 24.6 Å². The van der Waals surface area contributed by atoms with Crippen molar-refractivity contribution in [1.82, 2.24) is 19.6 Å². The number of likely N-dealkylation sites (N-methyl/N-ethyl adjacent to an activating group) is 2. The fourth-order valence-corrected chi connectivity index (χ4v) is 3.90. The van der Waals surface area contributed by atoms with Crippen LogP contribution in [0.4, 0.5) is 0 Å². The minimum atomic E-state index is -0.0418. The Bertz CT molecular complexity index is 477. The van der Waals surface area contributed by atoms with Gasteiger partial charge in [-0.15, -0.1) is 0 Å². The zero-order valence-electron chi connectivity index (χ0n) is 12.2. The Kier molecular flexibility index (Phi) is 5.65. The first-order chi connectivity index (χ1) is 9.50. The molecule has 5 nitrogen and oxygen atoms in total. The molecule has 1 saturated heterocycles. The van der Waals surface area contributed by atoms with Gasteiger partial charge in [-0.05, 0) is 37.1 Å². The number of rotatable bonds is 5. The maximum Gasteiger partial charge on any atom is 0.199 e. The topological polar surface area (TPSA) is 41.4 Å². The van der Waals surface area contributed by atoms with E-state index in [0.29, 0.717) is 5.69 Å². The summed E-state index contributed by atoms with van der Waals surface area (Å²) in [6.45, 7) is 2.55. The van der Waals surface area contributed by atoms with Crippen molar-refractivity contribution in [2.24, 2.45) is 0 Å². The van der Waals surface area contributed by atoms with Crippen LogP contribution in [0.15, 0.2) is 10.7 Å². The van der Waals surface area contributed by atoms with Gasteiger partial charge in [0.1, 0.15) is 5.69 Å². The first-order valence-electron chi connectivity index (χ1n) is 6.69. The number of carbonyl (C=O) groups excluding carboxylic acids is 1. The maximum absolute atomic E-state index is 12.8. The number of hydrogen-bond donors (Lipinski definition) is 0. The van der Waals surface area contributed by atoms with Gasteiger partial charge in [0.05, 0.1) is 23.3 Å². The summed E-state index contributed by atoms with van der Waals surface area (Å²) in [5, 5.41) is 4.33. The molecule has 112 valence electrons. The average Bonchev–Trinajstić information content (AvgIpc) is 2.77. The summed E-state index contributed by atoms with van der Waals surface area (Å²) in [5.74, 6) is 2.13. The lowest BCUT2D eigenvalue weighted by atomic mass is 10.1. The fraction of sp³-hybridized carbons (Fsp3) is 0.692. The lowest BCUT2D eigenvalue weighted by Crippen LogP contribution is -2.45. The largest absolute Gasteiger partial charge is 0.308 e. The van der Waals surface area contributed by atoms with Crippen molar-refractivity contribution in [3.63, 3.8) is 0 Å². The summed E-state index contributed by atoms with van der Waals surface area (Å²) in [6, 6.07) is -0.0418. The van der Waals surface area contributed by atoms with Crippen LogP contribution in [-0.2, 0) is 6.54 Å². The van der Waals surface area contributed by atoms with E-state index in [-0.39, 0.29) is 11.8 Å². The van der Waals surface area contributed by atoms with Crippen molar-refractivity contribution in [1.29, 1.82) is 0 Å². The van der Waals surface area contributed by atoms with Gasteiger partial charge in [-0.3, -0.25) is 14.4 Å². The van der Waals surface area contributed by atoms with E-state index < -0.39 is 0 Å². The number of carbonyl (C=O) groups is 1. The molecule has 0 aromatic carbocycles. The highest BCUT2D eigenvalue weighted by molar-refractivity contribution is 9.10. The molecule has 2 heterocycles. The van der Waals surface area contributed by atoms with Crippen LogP contribution in [0.5, 0.6) is 0 Å². The predicted molar refractivity (Wildman–Crippen MR) is 86.6 cm³/mol. The van der Waals surface area contributed by atoms with E-state index >= 15 is 0 Å². The van der Waals surface area contributed by atoms with Crippen molar-refractivity contribution < 1.29 is 4.79 Å².